The van der Waals surface area contributed by atoms with E-state index in [1.807, 2.05) is 6.92 Å². The van der Waals surface area contributed by atoms with Gasteiger partial charge in [0.25, 0.3) is 0 Å². The van der Waals surface area contributed by atoms with Gasteiger partial charge in [-0.05, 0) is 12.5 Å². The molecule has 0 spiro atoms. The van der Waals surface area contributed by atoms with E-state index >= 15 is 0 Å². The summed E-state index contributed by atoms with van der Waals surface area (Å²) in [4.78, 5) is 8.35. The lowest BCUT2D eigenvalue weighted by Gasteiger charge is -1.99. The molecule has 4 nitrogen and oxygen atoms in total. The molecule has 0 aromatic carbocycles. The van der Waals surface area contributed by atoms with Crippen molar-refractivity contribution >= 4 is 27.5 Å². The van der Waals surface area contributed by atoms with Crippen LogP contribution in [0.25, 0.3) is 5.95 Å². The number of rotatable bonds is 2. The van der Waals surface area contributed by atoms with Crippen LogP contribution in [0, 0.1) is 6.92 Å². The molecule has 0 aliphatic carbocycles. The van der Waals surface area contributed by atoms with Crippen LogP contribution in [0.5, 0.6) is 0 Å². The van der Waals surface area contributed by atoms with E-state index in [0.29, 0.717) is 11.0 Å². The Hall–Kier alpha value is -0.940. The lowest BCUT2D eigenvalue weighted by molar-refractivity contribution is 0.794. The van der Waals surface area contributed by atoms with Crippen LogP contribution >= 0.6 is 27.5 Å². The third kappa shape index (κ3) is 2.18. The van der Waals surface area contributed by atoms with Crippen molar-refractivity contribution < 1.29 is 0 Å². The molecule has 0 N–H and O–H groups in total. The first-order chi connectivity index (χ1) is 7.20. The van der Waals surface area contributed by atoms with Crippen molar-refractivity contribution in [1.82, 2.24) is 19.7 Å². The summed E-state index contributed by atoms with van der Waals surface area (Å²) in [5, 5.41) is 5.54. The molecule has 0 bridgehead atoms. The quantitative estimate of drug-likeness (QED) is 0.797. The van der Waals surface area contributed by atoms with E-state index in [1.165, 1.54) is 0 Å². The maximum Gasteiger partial charge on any atom is 0.250 e. The lowest BCUT2D eigenvalue weighted by Crippen LogP contribution is -2.01. The predicted octanol–water partition coefficient (Wildman–Crippen LogP) is 2.52. The molecule has 78 valence electrons. The van der Waals surface area contributed by atoms with Gasteiger partial charge in [0, 0.05) is 17.7 Å². The van der Waals surface area contributed by atoms with Gasteiger partial charge in [0.2, 0.25) is 5.95 Å². The van der Waals surface area contributed by atoms with Crippen LogP contribution in [0.2, 0.25) is 5.02 Å². The maximum atomic E-state index is 5.89. The van der Waals surface area contributed by atoms with E-state index in [4.69, 9.17) is 11.6 Å². The minimum Gasteiger partial charge on any atom is -0.219 e. The molecule has 2 rings (SSSR count). The monoisotopic (exact) mass is 286 g/mol. The fraction of sp³-hybridized carbons (Fsp3) is 0.222. The summed E-state index contributed by atoms with van der Waals surface area (Å²) in [6.45, 7) is 1.84. The largest absolute Gasteiger partial charge is 0.250 e. The van der Waals surface area contributed by atoms with Crippen molar-refractivity contribution in [2.24, 2.45) is 0 Å². The number of nitrogens with zero attached hydrogens (tertiary/aromatic N) is 4. The molecule has 0 saturated heterocycles. The Balaban J connectivity index is 2.37. The fourth-order valence-corrected chi connectivity index (χ4v) is 1.50. The molecule has 0 aliphatic rings. The van der Waals surface area contributed by atoms with Gasteiger partial charge in [-0.1, -0.05) is 27.5 Å². The summed E-state index contributed by atoms with van der Waals surface area (Å²) in [5.74, 6) is 0.523. The van der Waals surface area contributed by atoms with Gasteiger partial charge in [-0.15, -0.1) is 0 Å². The molecule has 15 heavy (non-hydrogen) atoms. The van der Waals surface area contributed by atoms with Crippen LogP contribution in [-0.4, -0.2) is 19.7 Å². The van der Waals surface area contributed by atoms with Crippen molar-refractivity contribution in [3.05, 3.63) is 34.9 Å². The second kappa shape index (κ2) is 4.28. The summed E-state index contributed by atoms with van der Waals surface area (Å²) in [5.41, 5.74) is 1.79. The smallest absolute Gasteiger partial charge is 0.219 e. The molecule has 0 amide bonds. The third-order valence-corrected chi connectivity index (χ3v) is 2.91. The molecule has 2 heterocycles. The second-order valence-electron chi connectivity index (χ2n) is 3.03. The van der Waals surface area contributed by atoms with E-state index in [1.54, 1.807) is 23.3 Å². The minimum atomic E-state index is 0.523. The zero-order valence-corrected chi connectivity index (χ0v) is 10.3. The van der Waals surface area contributed by atoms with Gasteiger partial charge in [0.15, 0.2) is 0 Å². The van der Waals surface area contributed by atoms with Gasteiger partial charge in [0.1, 0.15) is 0 Å². The highest BCUT2D eigenvalue weighted by Crippen LogP contribution is 2.14. The van der Waals surface area contributed by atoms with Crippen LogP contribution in [-0.2, 0) is 5.33 Å². The number of aryl methyl sites for hydroxylation is 1. The van der Waals surface area contributed by atoms with E-state index < -0.39 is 0 Å². The van der Waals surface area contributed by atoms with Crippen molar-refractivity contribution in [3.63, 3.8) is 0 Å². The SMILES string of the molecule is Cc1nn(-c2ncc(CBr)cn2)cc1Cl. The third-order valence-electron chi connectivity index (χ3n) is 1.89. The van der Waals surface area contributed by atoms with Gasteiger partial charge in [-0.25, -0.2) is 14.6 Å². The molecule has 0 radical (unpaired) electrons. The van der Waals surface area contributed by atoms with Crippen LogP contribution in [0.15, 0.2) is 18.6 Å². The van der Waals surface area contributed by atoms with E-state index in [0.717, 1.165) is 16.6 Å². The van der Waals surface area contributed by atoms with Crippen molar-refractivity contribution in [1.29, 1.82) is 0 Å². The van der Waals surface area contributed by atoms with Crippen LogP contribution in [0.1, 0.15) is 11.3 Å². The molecule has 0 atom stereocenters. The molecule has 2 aromatic heterocycles. The summed E-state index contributed by atoms with van der Waals surface area (Å²) in [7, 11) is 0. The first-order valence-corrected chi connectivity index (χ1v) is 5.79. The Morgan fingerprint density at radius 2 is 2.07 bits per heavy atom. The Labute approximate surface area is 100 Å². The van der Waals surface area contributed by atoms with Gasteiger partial charge in [0.05, 0.1) is 16.9 Å². The average molecular weight is 288 g/mol. The topological polar surface area (TPSA) is 43.6 Å². The van der Waals surface area contributed by atoms with Crippen molar-refractivity contribution in [2.75, 3.05) is 0 Å². The van der Waals surface area contributed by atoms with Gasteiger partial charge < -0.3 is 0 Å². The Morgan fingerprint density at radius 1 is 1.40 bits per heavy atom. The van der Waals surface area contributed by atoms with Crippen molar-refractivity contribution in [2.45, 2.75) is 12.3 Å². The number of halogens is 2. The molecule has 0 unspecified atom stereocenters. The van der Waals surface area contributed by atoms with E-state index in [9.17, 15) is 0 Å². The fourth-order valence-electron chi connectivity index (χ4n) is 1.08. The van der Waals surface area contributed by atoms with Gasteiger partial charge in [-0.2, -0.15) is 5.10 Å². The standard InChI is InChI=1S/C9H8BrClN4/c1-6-8(11)5-15(14-6)9-12-3-7(2-10)4-13-9/h3-5H,2H2,1H3. The molecule has 0 fully saturated rings. The van der Waals surface area contributed by atoms with Crippen LogP contribution in [0.4, 0.5) is 0 Å². The Morgan fingerprint density at radius 3 is 2.53 bits per heavy atom. The lowest BCUT2D eigenvalue weighted by atomic mass is 10.4. The van der Waals surface area contributed by atoms with Gasteiger partial charge in [-0.3, -0.25) is 0 Å². The summed E-state index contributed by atoms with van der Waals surface area (Å²) in [6.07, 6.45) is 5.20. The minimum absolute atomic E-state index is 0.523. The number of aromatic nitrogens is 4. The zero-order chi connectivity index (χ0) is 10.8. The molecular formula is C9H8BrClN4. The molecule has 2 aromatic rings. The highest BCUT2D eigenvalue weighted by molar-refractivity contribution is 9.08. The zero-order valence-electron chi connectivity index (χ0n) is 7.98. The Kier molecular flexibility index (Phi) is 3.02. The average Bonchev–Trinajstić information content (AvgIpc) is 2.59. The number of hydrogen-bond donors (Lipinski definition) is 0. The number of hydrogen-bond acceptors (Lipinski definition) is 3. The highest BCUT2D eigenvalue weighted by Gasteiger charge is 2.05. The molecule has 0 saturated carbocycles. The highest BCUT2D eigenvalue weighted by atomic mass is 79.9. The van der Waals surface area contributed by atoms with E-state index in [-0.39, 0.29) is 0 Å². The normalized spacial score (nSPS) is 10.6. The molecular weight excluding hydrogens is 279 g/mol. The van der Waals surface area contributed by atoms with Gasteiger partial charge >= 0.3 is 0 Å². The first kappa shape index (κ1) is 10.6. The Bertz CT molecular complexity index is 446. The second-order valence-corrected chi connectivity index (χ2v) is 4.00. The summed E-state index contributed by atoms with van der Waals surface area (Å²) in [6, 6.07) is 0. The predicted molar refractivity (Wildman–Crippen MR) is 61.5 cm³/mol. The molecule has 6 heteroatoms. The molecule has 0 aliphatic heterocycles. The van der Waals surface area contributed by atoms with Crippen LogP contribution in [0.3, 0.4) is 0 Å². The van der Waals surface area contributed by atoms with E-state index in [2.05, 4.69) is 31.0 Å². The van der Waals surface area contributed by atoms with Crippen molar-refractivity contribution in [3.8, 4) is 5.95 Å². The maximum absolute atomic E-state index is 5.89. The van der Waals surface area contributed by atoms with Crippen LogP contribution < -0.4 is 0 Å². The summed E-state index contributed by atoms with van der Waals surface area (Å²) >= 11 is 9.22. The number of alkyl halides is 1. The first-order valence-electron chi connectivity index (χ1n) is 4.29. The summed E-state index contributed by atoms with van der Waals surface area (Å²) < 4.78 is 1.57.